The van der Waals surface area contributed by atoms with E-state index in [1.165, 1.54) is 6.92 Å². The summed E-state index contributed by atoms with van der Waals surface area (Å²) in [6.45, 7) is 5.86. The molecule has 0 aliphatic heterocycles. The van der Waals surface area contributed by atoms with Gasteiger partial charge in [-0.15, -0.1) is 0 Å². The van der Waals surface area contributed by atoms with Crippen LogP contribution in [-0.4, -0.2) is 36.1 Å². The Morgan fingerprint density at radius 1 is 1.18 bits per heavy atom. The van der Waals surface area contributed by atoms with Crippen LogP contribution in [0.15, 0.2) is 30.3 Å². The highest BCUT2D eigenvalue weighted by molar-refractivity contribution is 5.87. The number of amides is 3. The molecule has 154 valence electrons. The zero-order valence-electron chi connectivity index (χ0n) is 16.8. The maximum absolute atomic E-state index is 12.5. The number of benzene rings is 1. The molecule has 1 saturated carbocycles. The van der Waals surface area contributed by atoms with Crippen molar-refractivity contribution in [2.75, 3.05) is 0 Å². The highest BCUT2D eigenvalue weighted by Crippen LogP contribution is 2.29. The second-order valence-electron chi connectivity index (χ2n) is 7.71. The molecular weight excluding hydrogens is 358 g/mol. The van der Waals surface area contributed by atoms with E-state index in [0.29, 0.717) is 11.8 Å². The van der Waals surface area contributed by atoms with Gasteiger partial charge >= 0.3 is 12.0 Å². The smallest absolute Gasteiger partial charge is 0.329 e. The first-order chi connectivity index (χ1) is 13.3. The number of esters is 1. The standard InChI is InChI=1S/C21H31N3O4/c1-13-8-7-11-17(14(13)2)23-19(25)15(3)28-20(26)18(24-21(22)27)12-16-9-5-4-6-10-16/h4-6,9-10,13-15,17-18H,7-8,11-12H2,1-3H3,(H,23,25)(H3,22,24,27)/t13-,14+,15+,17+,18-/m0/s1. The summed E-state index contributed by atoms with van der Waals surface area (Å²) < 4.78 is 5.33. The fourth-order valence-corrected chi connectivity index (χ4v) is 3.61. The molecule has 7 heteroatoms. The van der Waals surface area contributed by atoms with Gasteiger partial charge in [0, 0.05) is 12.5 Å². The number of hydrogen-bond acceptors (Lipinski definition) is 4. The molecule has 5 atom stereocenters. The molecule has 0 spiro atoms. The normalized spacial score (nSPS) is 23.9. The molecule has 1 aromatic carbocycles. The van der Waals surface area contributed by atoms with Crippen molar-refractivity contribution >= 4 is 17.9 Å². The van der Waals surface area contributed by atoms with Crippen LogP contribution in [0.1, 0.15) is 45.6 Å². The molecule has 0 radical (unpaired) electrons. The van der Waals surface area contributed by atoms with Gasteiger partial charge in [0.2, 0.25) is 0 Å². The van der Waals surface area contributed by atoms with Crippen LogP contribution in [0.3, 0.4) is 0 Å². The number of ether oxygens (including phenoxy) is 1. The topological polar surface area (TPSA) is 111 Å². The van der Waals surface area contributed by atoms with E-state index in [-0.39, 0.29) is 18.4 Å². The largest absolute Gasteiger partial charge is 0.451 e. The summed E-state index contributed by atoms with van der Waals surface area (Å²) in [5.74, 6) is -0.0814. The van der Waals surface area contributed by atoms with Crippen molar-refractivity contribution in [3.05, 3.63) is 35.9 Å². The predicted octanol–water partition coefficient (Wildman–Crippen LogP) is 2.14. The molecule has 0 heterocycles. The van der Waals surface area contributed by atoms with E-state index < -0.39 is 24.1 Å². The maximum Gasteiger partial charge on any atom is 0.329 e. The minimum Gasteiger partial charge on any atom is -0.451 e. The van der Waals surface area contributed by atoms with Crippen LogP contribution in [0.25, 0.3) is 0 Å². The third-order valence-electron chi connectivity index (χ3n) is 5.58. The number of carbonyl (C=O) groups excluding carboxylic acids is 3. The van der Waals surface area contributed by atoms with Crippen molar-refractivity contribution in [3.63, 3.8) is 0 Å². The summed E-state index contributed by atoms with van der Waals surface area (Å²) >= 11 is 0. The number of nitrogens with two attached hydrogens (primary N) is 1. The van der Waals surface area contributed by atoms with Gasteiger partial charge in [-0.1, -0.05) is 57.0 Å². The molecule has 1 aromatic rings. The molecular formula is C21H31N3O4. The molecule has 1 aliphatic rings. The molecule has 1 fully saturated rings. The van der Waals surface area contributed by atoms with E-state index in [4.69, 9.17) is 10.5 Å². The summed E-state index contributed by atoms with van der Waals surface area (Å²) in [6.07, 6.45) is 2.45. The lowest BCUT2D eigenvalue weighted by atomic mass is 9.78. The Kier molecular flexibility index (Phi) is 7.84. The Balaban J connectivity index is 1.95. The molecule has 0 bridgehead atoms. The van der Waals surface area contributed by atoms with E-state index in [1.54, 1.807) is 0 Å². The average Bonchev–Trinajstić information content (AvgIpc) is 2.65. The molecule has 1 aliphatic carbocycles. The predicted molar refractivity (Wildman–Crippen MR) is 106 cm³/mol. The Hall–Kier alpha value is -2.57. The fraction of sp³-hybridized carbons (Fsp3) is 0.571. The minimum atomic E-state index is -0.955. The van der Waals surface area contributed by atoms with Crippen molar-refractivity contribution in [3.8, 4) is 0 Å². The molecule has 7 nitrogen and oxygen atoms in total. The summed E-state index contributed by atoms with van der Waals surface area (Å²) in [5.41, 5.74) is 6.04. The first-order valence-electron chi connectivity index (χ1n) is 9.88. The van der Waals surface area contributed by atoms with Crippen molar-refractivity contribution < 1.29 is 19.1 Å². The zero-order chi connectivity index (χ0) is 20.7. The average molecular weight is 389 g/mol. The third-order valence-corrected chi connectivity index (χ3v) is 5.58. The Labute approximate surface area is 166 Å². The van der Waals surface area contributed by atoms with Gasteiger partial charge in [-0.3, -0.25) is 4.79 Å². The summed E-state index contributed by atoms with van der Waals surface area (Å²) in [6, 6.07) is 7.52. The van der Waals surface area contributed by atoms with Crippen LogP contribution in [0.4, 0.5) is 4.79 Å². The quantitative estimate of drug-likeness (QED) is 0.621. The summed E-state index contributed by atoms with van der Waals surface area (Å²) in [7, 11) is 0. The van der Waals surface area contributed by atoms with Crippen molar-refractivity contribution in [1.82, 2.24) is 10.6 Å². The van der Waals surface area contributed by atoms with Gasteiger partial charge in [0.1, 0.15) is 6.04 Å². The number of hydrogen-bond donors (Lipinski definition) is 3. The van der Waals surface area contributed by atoms with E-state index in [2.05, 4.69) is 24.5 Å². The number of urea groups is 1. The monoisotopic (exact) mass is 389 g/mol. The number of rotatable bonds is 7. The van der Waals surface area contributed by atoms with Crippen LogP contribution < -0.4 is 16.4 Å². The van der Waals surface area contributed by atoms with Crippen LogP contribution in [-0.2, 0) is 20.7 Å². The first kappa shape index (κ1) is 21.7. The van der Waals surface area contributed by atoms with Crippen molar-refractivity contribution in [2.45, 2.75) is 64.6 Å². The highest BCUT2D eigenvalue weighted by Gasteiger charge is 2.31. The van der Waals surface area contributed by atoms with Crippen LogP contribution in [0, 0.1) is 11.8 Å². The van der Waals surface area contributed by atoms with Crippen molar-refractivity contribution in [2.24, 2.45) is 17.6 Å². The summed E-state index contributed by atoms with van der Waals surface area (Å²) in [4.78, 5) is 36.3. The van der Waals surface area contributed by atoms with E-state index in [9.17, 15) is 14.4 Å². The van der Waals surface area contributed by atoms with Gasteiger partial charge in [-0.25, -0.2) is 9.59 Å². The van der Waals surface area contributed by atoms with E-state index in [0.717, 1.165) is 24.8 Å². The molecule has 0 unspecified atom stereocenters. The number of nitrogens with one attached hydrogen (secondary N) is 2. The number of primary amides is 1. The fourth-order valence-electron chi connectivity index (χ4n) is 3.61. The molecule has 4 N–H and O–H groups in total. The molecule has 2 rings (SSSR count). The van der Waals surface area contributed by atoms with E-state index in [1.807, 2.05) is 30.3 Å². The second kappa shape index (κ2) is 10.1. The van der Waals surface area contributed by atoms with Gasteiger partial charge < -0.3 is 21.1 Å². The van der Waals surface area contributed by atoms with Gasteiger partial charge in [0.05, 0.1) is 0 Å². The molecule has 28 heavy (non-hydrogen) atoms. The first-order valence-corrected chi connectivity index (χ1v) is 9.88. The Morgan fingerprint density at radius 3 is 2.50 bits per heavy atom. The van der Waals surface area contributed by atoms with Gasteiger partial charge in [-0.05, 0) is 30.7 Å². The van der Waals surface area contributed by atoms with Crippen LogP contribution in [0.2, 0.25) is 0 Å². The van der Waals surface area contributed by atoms with E-state index >= 15 is 0 Å². The second-order valence-corrected chi connectivity index (χ2v) is 7.71. The lowest BCUT2D eigenvalue weighted by molar-refractivity contribution is -0.157. The van der Waals surface area contributed by atoms with Crippen molar-refractivity contribution in [1.29, 1.82) is 0 Å². The Bertz CT molecular complexity index is 679. The highest BCUT2D eigenvalue weighted by atomic mass is 16.5. The molecule has 3 amide bonds. The maximum atomic E-state index is 12.5. The lowest BCUT2D eigenvalue weighted by Crippen LogP contribution is -2.50. The third kappa shape index (κ3) is 6.25. The zero-order valence-corrected chi connectivity index (χ0v) is 16.8. The van der Waals surface area contributed by atoms with Gasteiger partial charge in [0.25, 0.3) is 5.91 Å². The Morgan fingerprint density at radius 2 is 1.86 bits per heavy atom. The van der Waals surface area contributed by atoms with Gasteiger partial charge in [0.15, 0.2) is 6.10 Å². The van der Waals surface area contributed by atoms with Gasteiger partial charge in [-0.2, -0.15) is 0 Å². The minimum absolute atomic E-state index is 0.0845. The molecule has 0 aromatic heterocycles. The molecule has 0 saturated heterocycles. The van der Waals surface area contributed by atoms with Crippen LogP contribution >= 0.6 is 0 Å². The lowest BCUT2D eigenvalue weighted by Gasteiger charge is -2.35. The SMILES string of the molecule is C[C@@H]1[C@@H](C)CCC[C@H]1NC(=O)[C@@H](C)OC(=O)[C@H](Cc1ccccc1)NC(N)=O. The van der Waals surface area contributed by atoms with Crippen LogP contribution in [0.5, 0.6) is 0 Å². The number of carbonyl (C=O) groups is 3. The summed E-state index contributed by atoms with van der Waals surface area (Å²) in [5, 5.41) is 5.40.